The Kier molecular flexibility index (Phi) is 9.18. The van der Waals surface area contributed by atoms with E-state index >= 15 is 0 Å². The summed E-state index contributed by atoms with van der Waals surface area (Å²) in [5, 5.41) is 4.39. The number of nitrogens with one attached hydrogen (secondary N) is 1. The van der Waals surface area contributed by atoms with Crippen molar-refractivity contribution in [1.82, 2.24) is 15.0 Å². The largest absolute Gasteiger partial charge is 0.463 e. The van der Waals surface area contributed by atoms with E-state index in [1.807, 2.05) is 30.3 Å². The fourth-order valence-electron chi connectivity index (χ4n) is 3.38. The zero-order chi connectivity index (χ0) is 23.5. The van der Waals surface area contributed by atoms with Gasteiger partial charge in [0.25, 0.3) is 0 Å². The average Bonchev–Trinajstić information content (AvgIpc) is 2.82. The zero-order valence-electron chi connectivity index (χ0n) is 20.1. The molecule has 7 heteroatoms. The van der Waals surface area contributed by atoms with Crippen molar-refractivity contribution in [3.05, 3.63) is 71.2 Å². The van der Waals surface area contributed by atoms with Gasteiger partial charge in [-0.15, -0.1) is 0 Å². The highest BCUT2D eigenvalue weighted by atomic mass is 16.5. The molecule has 0 fully saturated rings. The van der Waals surface area contributed by atoms with Gasteiger partial charge in [-0.1, -0.05) is 26.0 Å². The molecule has 0 atom stereocenters. The van der Waals surface area contributed by atoms with Gasteiger partial charge in [0.15, 0.2) is 0 Å². The monoisotopic (exact) mass is 446 g/mol. The van der Waals surface area contributed by atoms with Gasteiger partial charge in [0.2, 0.25) is 0 Å². The van der Waals surface area contributed by atoms with Gasteiger partial charge >= 0.3 is 6.01 Å². The molecule has 174 valence electrons. The minimum absolute atomic E-state index is 0.355. The minimum Gasteiger partial charge on any atom is -0.463 e. The summed E-state index contributed by atoms with van der Waals surface area (Å²) in [6.07, 6.45) is 6.27. The predicted octanol–water partition coefficient (Wildman–Crippen LogP) is 5.18. The molecule has 2 heterocycles. The lowest BCUT2D eigenvalue weighted by molar-refractivity contribution is 0.295. The third-order valence-electron chi connectivity index (χ3n) is 5.24. The maximum Gasteiger partial charge on any atom is 0.318 e. The van der Waals surface area contributed by atoms with Gasteiger partial charge < -0.3 is 9.64 Å². The van der Waals surface area contributed by atoms with Crippen LogP contribution in [0.5, 0.6) is 6.01 Å². The van der Waals surface area contributed by atoms with Crippen molar-refractivity contribution < 1.29 is 4.74 Å². The first-order valence-corrected chi connectivity index (χ1v) is 11.6. The molecule has 0 unspecified atom stereocenters. The van der Waals surface area contributed by atoms with Crippen molar-refractivity contribution in [3.8, 4) is 6.01 Å². The van der Waals surface area contributed by atoms with Crippen LogP contribution in [0.2, 0.25) is 0 Å². The Hall–Kier alpha value is -3.48. The number of nitrogens with zero attached hydrogens (tertiary/aromatic N) is 5. The van der Waals surface area contributed by atoms with E-state index in [0.29, 0.717) is 24.7 Å². The van der Waals surface area contributed by atoms with Crippen molar-refractivity contribution in [3.63, 3.8) is 0 Å². The van der Waals surface area contributed by atoms with E-state index < -0.39 is 0 Å². The van der Waals surface area contributed by atoms with Gasteiger partial charge in [-0.2, -0.15) is 15.1 Å². The lowest BCUT2D eigenvalue weighted by Gasteiger charge is -2.23. The van der Waals surface area contributed by atoms with Gasteiger partial charge in [-0.25, -0.2) is 0 Å². The van der Waals surface area contributed by atoms with Gasteiger partial charge in [-0.05, 0) is 62.1 Å². The number of aryl methyl sites for hydroxylation is 2. The van der Waals surface area contributed by atoms with Crippen molar-refractivity contribution in [2.45, 2.75) is 47.0 Å². The summed E-state index contributed by atoms with van der Waals surface area (Å²) in [5.74, 6) is 0.856. The molecule has 33 heavy (non-hydrogen) atoms. The second kappa shape index (κ2) is 12.5. The van der Waals surface area contributed by atoms with E-state index in [1.54, 1.807) is 12.4 Å². The molecule has 0 amide bonds. The van der Waals surface area contributed by atoms with Crippen LogP contribution >= 0.6 is 0 Å². The van der Waals surface area contributed by atoms with Crippen LogP contribution in [0.4, 0.5) is 11.5 Å². The topological polar surface area (TPSA) is 75.5 Å². The molecule has 1 aromatic carbocycles. The number of hydrazone groups is 1. The Morgan fingerprint density at radius 3 is 2.52 bits per heavy atom. The van der Waals surface area contributed by atoms with E-state index in [2.05, 4.69) is 70.2 Å². The van der Waals surface area contributed by atoms with Crippen molar-refractivity contribution in [1.29, 1.82) is 0 Å². The number of aromatic nitrogens is 3. The number of rotatable bonds is 12. The summed E-state index contributed by atoms with van der Waals surface area (Å²) < 4.78 is 5.92. The summed E-state index contributed by atoms with van der Waals surface area (Å²) in [6, 6.07) is 14.4. The van der Waals surface area contributed by atoms with Crippen LogP contribution in [-0.4, -0.2) is 40.9 Å². The summed E-state index contributed by atoms with van der Waals surface area (Å²) >= 11 is 0. The molecular formula is C26H34N6O. The second-order valence-electron chi connectivity index (χ2n) is 8.01. The Balaban J connectivity index is 1.76. The van der Waals surface area contributed by atoms with Crippen LogP contribution in [0.1, 0.15) is 49.2 Å². The van der Waals surface area contributed by atoms with Crippen LogP contribution in [0, 0.1) is 13.8 Å². The lowest BCUT2D eigenvalue weighted by Crippen LogP contribution is -2.26. The standard InChI is InChI=1S/C26H34N6O/c1-5-14-32(15-6-2)25-18-24(19-28-31-23-11-10-20(3)21(4)17-23)29-26(30-25)33-16-12-22-9-7-8-13-27-22/h7-11,13,17-19,31H,5-6,12,14-16H2,1-4H3/b28-19+. The smallest absolute Gasteiger partial charge is 0.318 e. The second-order valence-corrected chi connectivity index (χ2v) is 8.01. The summed E-state index contributed by atoms with van der Waals surface area (Å²) in [6.45, 7) is 10.8. The molecule has 0 bridgehead atoms. The van der Waals surface area contributed by atoms with E-state index in [1.165, 1.54) is 11.1 Å². The van der Waals surface area contributed by atoms with Gasteiger partial charge in [0, 0.05) is 37.5 Å². The summed E-state index contributed by atoms with van der Waals surface area (Å²) in [4.78, 5) is 15.8. The molecule has 0 spiro atoms. The van der Waals surface area contributed by atoms with E-state index in [9.17, 15) is 0 Å². The average molecular weight is 447 g/mol. The molecule has 0 saturated heterocycles. The fourth-order valence-corrected chi connectivity index (χ4v) is 3.38. The molecule has 7 nitrogen and oxygen atoms in total. The van der Waals surface area contributed by atoms with Crippen LogP contribution in [0.25, 0.3) is 0 Å². The molecule has 0 saturated carbocycles. The van der Waals surface area contributed by atoms with Crippen LogP contribution in [0.15, 0.2) is 53.8 Å². The van der Waals surface area contributed by atoms with E-state index in [-0.39, 0.29) is 0 Å². The normalized spacial score (nSPS) is 11.0. The first-order chi connectivity index (χ1) is 16.1. The molecule has 3 aromatic rings. The number of hydrogen-bond donors (Lipinski definition) is 1. The zero-order valence-corrected chi connectivity index (χ0v) is 20.1. The predicted molar refractivity (Wildman–Crippen MR) is 135 cm³/mol. The maximum atomic E-state index is 5.92. The Bertz CT molecular complexity index is 1030. The molecule has 3 rings (SSSR count). The van der Waals surface area contributed by atoms with Crippen molar-refractivity contribution in [2.75, 3.05) is 30.0 Å². The number of benzene rings is 1. The number of ether oxygens (including phenoxy) is 1. The summed E-state index contributed by atoms with van der Waals surface area (Å²) in [7, 11) is 0. The fraction of sp³-hybridized carbons (Fsp3) is 0.385. The first kappa shape index (κ1) is 24.2. The van der Waals surface area contributed by atoms with E-state index in [0.717, 1.165) is 43.1 Å². The van der Waals surface area contributed by atoms with Gasteiger partial charge in [0.05, 0.1) is 24.2 Å². The highest BCUT2D eigenvalue weighted by molar-refractivity contribution is 5.79. The van der Waals surface area contributed by atoms with Crippen LogP contribution in [0.3, 0.4) is 0 Å². The Morgan fingerprint density at radius 1 is 1.00 bits per heavy atom. The lowest BCUT2D eigenvalue weighted by atomic mass is 10.1. The molecule has 0 radical (unpaired) electrons. The molecule has 0 aliphatic rings. The van der Waals surface area contributed by atoms with Crippen LogP contribution < -0.4 is 15.1 Å². The SMILES string of the molecule is CCCN(CCC)c1cc(/C=N/Nc2ccc(C)c(C)c2)nc(OCCc2ccccn2)n1. The minimum atomic E-state index is 0.355. The molecule has 0 aliphatic heterocycles. The van der Waals surface area contributed by atoms with Crippen molar-refractivity contribution >= 4 is 17.7 Å². The number of pyridine rings is 1. The third kappa shape index (κ3) is 7.56. The molecule has 2 aromatic heterocycles. The van der Waals surface area contributed by atoms with Crippen molar-refractivity contribution in [2.24, 2.45) is 5.10 Å². The van der Waals surface area contributed by atoms with Gasteiger partial charge in [0.1, 0.15) is 5.82 Å². The third-order valence-corrected chi connectivity index (χ3v) is 5.24. The Labute approximate surface area is 197 Å². The van der Waals surface area contributed by atoms with Crippen LogP contribution in [-0.2, 0) is 6.42 Å². The first-order valence-electron chi connectivity index (χ1n) is 11.6. The summed E-state index contributed by atoms with van der Waals surface area (Å²) in [5.41, 5.74) is 8.18. The quantitative estimate of drug-likeness (QED) is 0.305. The number of hydrogen-bond acceptors (Lipinski definition) is 7. The highest BCUT2D eigenvalue weighted by Crippen LogP contribution is 2.18. The van der Waals surface area contributed by atoms with Gasteiger partial charge in [-0.3, -0.25) is 10.4 Å². The number of anilines is 2. The molecule has 1 N–H and O–H groups in total. The highest BCUT2D eigenvalue weighted by Gasteiger charge is 2.11. The molecule has 0 aliphatic carbocycles. The Morgan fingerprint density at radius 2 is 1.82 bits per heavy atom. The molecular weight excluding hydrogens is 412 g/mol. The van der Waals surface area contributed by atoms with E-state index in [4.69, 9.17) is 4.74 Å². The maximum absolute atomic E-state index is 5.92.